The Morgan fingerprint density at radius 1 is 1.33 bits per heavy atom. The molecule has 1 atom stereocenters. The first kappa shape index (κ1) is 26.3. The maximum atomic E-state index is 12.3. The molecule has 1 heterocycles. The highest BCUT2D eigenvalue weighted by Gasteiger charge is 2.25. The molecule has 1 aromatic carbocycles. The molecule has 166 valence electrons. The van der Waals surface area contributed by atoms with Gasteiger partial charge in [-0.3, -0.25) is 9.36 Å². The van der Waals surface area contributed by atoms with Crippen molar-refractivity contribution >= 4 is 26.0 Å². The highest BCUT2D eigenvalue weighted by molar-refractivity contribution is 7.23. The summed E-state index contributed by atoms with van der Waals surface area (Å²) in [6.07, 6.45) is 3.54. The molecule has 0 aliphatic heterocycles. The van der Waals surface area contributed by atoms with Gasteiger partial charge in [0.15, 0.2) is 8.46 Å². The fourth-order valence-electron chi connectivity index (χ4n) is 3.74. The van der Waals surface area contributed by atoms with Crippen LogP contribution in [0.15, 0.2) is 18.2 Å². The van der Waals surface area contributed by atoms with E-state index in [0.29, 0.717) is 29.2 Å². The standard InChI is InChI=1S/C21H28ClN2O2P.H2O3/c1-5-6-13(2)11-18-20(16-8-7-14(3)17(22)12-16)19(21(23)25)15(4)24(18)9-10-27-26;1-3-2/h7-8,12-13H,5-6,9-11H2,1-4H3,(H2,23,25);1-2H. The summed E-state index contributed by atoms with van der Waals surface area (Å²) in [5.74, 6) is 0.0234. The van der Waals surface area contributed by atoms with Gasteiger partial charge >= 0.3 is 0 Å². The molecule has 0 bridgehead atoms. The van der Waals surface area contributed by atoms with Gasteiger partial charge in [-0.05, 0) is 43.4 Å². The van der Waals surface area contributed by atoms with Crippen LogP contribution in [0.3, 0.4) is 0 Å². The number of rotatable bonds is 9. The molecule has 0 saturated carbocycles. The van der Waals surface area contributed by atoms with Gasteiger partial charge in [0.1, 0.15) is 0 Å². The smallest absolute Gasteiger partial charge is 0.251 e. The Kier molecular flexibility index (Phi) is 11.2. The Bertz CT molecular complexity index is 870. The SMILES string of the molecule is CCCC(C)Cc1c(-c2ccc(C)c(Cl)c2)c(C(N)=O)c(C)n1CCP=O.OOO. The molecule has 1 amide bonds. The van der Waals surface area contributed by atoms with Gasteiger partial charge < -0.3 is 10.3 Å². The maximum Gasteiger partial charge on any atom is 0.251 e. The summed E-state index contributed by atoms with van der Waals surface area (Å²) in [5, 5.41) is 16.2. The van der Waals surface area contributed by atoms with Crippen molar-refractivity contribution in [3.05, 3.63) is 45.7 Å². The first-order valence-electron chi connectivity index (χ1n) is 9.75. The number of primary amides is 1. The van der Waals surface area contributed by atoms with Crippen molar-refractivity contribution in [3.63, 3.8) is 0 Å². The van der Waals surface area contributed by atoms with Crippen molar-refractivity contribution in [1.29, 1.82) is 0 Å². The lowest BCUT2D eigenvalue weighted by Crippen LogP contribution is -2.13. The summed E-state index contributed by atoms with van der Waals surface area (Å²) in [7, 11) is 0.0931. The molecule has 2 rings (SSSR count). The van der Waals surface area contributed by atoms with Crippen LogP contribution < -0.4 is 5.73 Å². The van der Waals surface area contributed by atoms with E-state index in [0.717, 1.165) is 47.3 Å². The van der Waals surface area contributed by atoms with Crippen molar-refractivity contribution < 1.29 is 24.9 Å². The number of halogens is 1. The Hall–Kier alpha value is -1.76. The quantitative estimate of drug-likeness (QED) is 0.252. The monoisotopic (exact) mass is 456 g/mol. The topological polar surface area (TPSA) is 115 Å². The van der Waals surface area contributed by atoms with Crippen LogP contribution in [-0.2, 0) is 22.6 Å². The van der Waals surface area contributed by atoms with E-state index in [1.165, 1.54) is 0 Å². The van der Waals surface area contributed by atoms with E-state index in [4.69, 9.17) is 27.8 Å². The average molecular weight is 457 g/mol. The van der Waals surface area contributed by atoms with Crippen molar-refractivity contribution in [3.8, 4) is 11.1 Å². The Morgan fingerprint density at radius 2 is 1.97 bits per heavy atom. The minimum Gasteiger partial charge on any atom is -0.366 e. The highest BCUT2D eigenvalue weighted by atomic mass is 35.5. The van der Waals surface area contributed by atoms with Crippen LogP contribution in [0.4, 0.5) is 0 Å². The zero-order valence-corrected chi connectivity index (χ0v) is 19.5. The first-order chi connectivity index (χ1) is 14.2. The molecule has 7 nitrogen and oxygen atoms in total. The van der Waals surface area contributed by atoms with Crippen molar-refractivity contribution in [2.24, 2.45) is 11.7 Å². The predicted octanol–water partition coefficient (Wildman–Crippen LogP) is 5.74. The van der Waals surface area contributed by atoms with E-state index < -0.39 is 5.91 Å². The van der Waals surface area contributed by atoms with Crippen LogP contribution in [0.2, 0.25) is 5.02 Å². The van der Waals surface area contributed by atoms with Gasteiger partial charge in [-0.15, -0.1) is 0 Å². The molecule has 1 unspecified atom stereocenters. The second kappa shape index (κ2) is 12.8. The van der Waals surface area contributed by atoms with E-state index >= 15 is 0 Å². The van der Waals surface area contributed by atoms with Gasteiger partial charge in [0.05, 0.1) is 5.56 Å². The average Bonchev–Trinajstić information content (AvgIpc) is 2.94. The number of aromatic nitrogens is 1. The van der Waals surface area contributed by atoms with Gasteiger partial charge in [-0.25, -0.2) is 10.5 Å². The summed E-state index contributed by atoms with van der Waals surface area (Å²) < 4.78 is 13.2. The molecular weight excluding hydrogens is 427 g/mol. The number of hydrogen-bond donors (Lipinski definition) is 3. The van der Waals surface area contributed by atoms with Crippen LogP contribution in [0.5, 0.6) is 0 Å². The number of nitrogens with two attached hydrogens (primary N) is 1. The van der Waals surface area contributed by atoms with E-state index in [9.17, 15) is 9.36 Å². The fourth-order valence-corrected chi connectivity index (χ4v) is 4.20. The Morgan fingerprint density at radius 3 is 2.47 bits per heavy atom. The number of aryl methyl sites for hydroxylation is 1. The van der Waals surface area contributed by atoms with Crippen LogP contribution in [-0.4, -0.2) is 27.2 Å². The van der Waals surface area contributed by atoms with Crippen molar-refractivity contribution in [1.82, 2.24) is 4.57 Å². The zero-order chi connectivity index (χ0) is 22.8. The normalized spacial score (nSPS) is 11.8. The molecule has 0 saturated heterocycles. The molecule has 2 aromatic rings. The molecule has 30 heavy (non-hydrogen) atoms. The van der Waals surface area contributed by atoms with Crippen molar-refractivity contribution in [2.45, 2.75) is 53.5 Å². The molecule has 0 fully saturated rings. The fraction of sp³-hybridized carbons (Fsp3) is 0.476. The number of nitrogens with zero attached hydrogens (tertiary/aromatic N) is 1. The molecule has 0 aliphatic carbocycles. The van der Waals surface area contributed by atoms with Gasteiger partial charge in [-0.2, -0.15) is 0 Å². The first-order valence-corrected chi connectivity index (χ1v) is 11.1. The highest BCUT2D eigenvalue weighted by Crippen LogP contribution is 2.36. The molecular formula is C21H30ClN2O5P. The van der Waals surface area contributed by atoms with Crippen molar-refractivity contribution in [2.75, 3.05) is 6.16 Å². The Balaban J connectivity index is 0.00000141. The lowest BCUT2D eigenvalue weighted by atomic mass is 9.93. The van der Waals surface area contributed by atoms with E-state index in [2.05, 4.69) is 23.5 Å². The Labute approximate surface area is 183 Å². The summed E-state index contributed by atoms with van der Waals surface area (Å²) in [6.45, 7) is 8.85. The van der Waals surface area contributed by atoms with E-state index in [-0.39, 0.29) is 8.46 Å². The third-order valence-electron chi connectivity index (χ3n) is 5.08. The largest absolute Gasteiger partial charge is 0.366 e. The number of amides is 1. The van der Waals surface area contributed by atoms with Gasteiger partial charge in [-0.1, -0.05) is 55.5 Å². The lowest BCUT2D eigenvalue weighted by molar-refractivity contribution is -0.465. The summed E-state index contributed by atoms with van der Waals surface area (Å²) in [4.78, 5) is 12.3. The second-order valence-corrected chi connectivity index (χ2v) is 8.41. The summed E-state index contributed by atoms with van der Waals surface area (Å²) in [6, 6.07) is 5.86. The number of carbonyl (C=O) groups excluding carboxylic acids is 1. The number of carbonyl (C=O) groups is 1. The predicted molar refractivity (Wildman–Crippen MR) is 119 cm³/mol. The second-order valence-electron chi connectivity index (χ2n) is 7.29. The zero-order valence-electron chi connectivity index (χ0n) is 17.8. The minimum absolute atomic E-state index is 0.0931. The van der Waals surface area contributed by atoms with Crippen LogP contribution >= 0.6 is 20.1 Å². The lowest BCUT2D eigenvalue weighted by Gasteiger charge is -2.16. The van der Waals surface area contributed by atoms with Gasteiger partial charge in [0, 0.05) is 34.7 Å². The minimum atomic E-state index is -0.443. The third-order valence-corrected chi connectivity index (χ3v) is 5.87. The van der Waals surface area contributed by atoms with Gasteiger partial charge in [0.25, 0.3) is 5.91 Å². The van der Waals surface area contributed by atoms with Gasteiger partial charge in [0.2, 0.25) is 0 Å². The third kappa shape index (κ3) is 6.62. The van der Waals surface area contributed by atoms with Crippen LogP contribution in [0.1, 0.15) is 54.0 Å². The molecule has 0 radical (unpaired) electrons. The summed E-state index contributed by atoms with van der Waals surface area (Å²) in [5.41, 5.74) is 11.0. The van der Waals surface area contributed by atoms with E-state index in [1.54, 1.807) is 0 Å². The molecule has 1 aromatic heterocycles. The number of hydrogen-bond acceptors (Lipinski definition) is 5. The maximum absolute atomic E-state index is 12.3. The molecule has 4 N–H and O–H groups in total. The van der Waals surface area contributed by atoms with Crippen LogP contribution in [0, 0.1) is 19.8 Å². The molecule has 0 aliphatic rings. The molecule has 0 spiro atoms. The summed E-state index contributed by atoms with van der Waals surface area (Å²) >= 11 is 6.37. The van der Waals surface area contributed by atoms with Crippen LogP contribution in [0.25, 0.3) is 11.1 Å². The number of benzene rings is 1. The van der Waals surface area contributed by atoms with E-state index in [1.807, 2.05) is 32.0 Å². The molecule has 9 heteroatoms.